The number of aromatic nitrogens is 2. The standard InChI is InChI=1S/C18H18ClN5O/c1-22-18(25)17(19)16(8-21-22)23-10-14-6-15(11-23)24(14)9-13-4-2-12(7-20)3-5-13/h2-5,8,14-15H,6,9-11H2,1H3. The van der Waals surface area contributed by atoms with E-state index in [1.807, 2.05) is 24.3 Å². The molecule has 2 bridgehead atoms. The topological polar surface area (TPSA) is 65.2 Å². The van der Waals surface area contributed by atoms with E-state index in [9.17, 15) is 4.79 Å². The maximum atomic E-state index is 12.0. The third-order valence-corrected chi connectivity index (χ3v) is 5.55. The summed E-state index contributed by atoms with van der Waals surface area (Å²) in [6.07, 6.45) is 2.85. The first-order valence-corrected chi connectivity index (χ1v) is 8.66. The van der Waals surface area contributed by atoms with E-state index in [-0.39, 0.29) is 10.6 Å². The van der Waals surface area contributed by atoms with Crippen LogP contribution in [0.15, 0.2) is 35.3 Å². The van der Waals surface area contributed by atoms with Crippen LogP contribution in [0, 0.1) is 11.3 Å². The largest absolute Gasteiger partial charge is 0.366 e. The molecule has 2 unspecified atom stereocenters. The van der Waals surface area contributed by atoms with Crippen molar-refractivity contribution in [3.63, 3.8) is 0 Å². The van der Waals surface area contributed by atoms with Crippen molar-refractivity contribution in [3.05, 3.63) is 57.0 Å². The number of benzene rings is 1. The second kappa shape index (κ2) is 6.17. The van der Waals surface area contributed by atoms with Crippen LogP contribution in [0.2, 0.25) is 5.02 Å². The average Bonchev–Trinajstić information content (AvgIpc) is 2.64. The molecule has 7 heteroatoms. The zero-order valence-corrected chi connectivity index (χ0v) is 14.6. The maximum Gasteiger partial charge on any atom is 0.287 e. The number of rotatable bonds is 3. The molecule has 3 aliphatic rings. The highest BCUT2D eigenvalue weighted by atomic mass is 35.5. The van der Waals surface area contributed by atoms with Crippen LogP contribution in [-0.2, 0) is 13.6 Å². The minimum absolute atomic E-state index is 0.248. The lowest BCUT2D eigenvalue weighted by molar-refractivity contribution is -0.00846. The van der Waals surface area contributed by atoms with Crippen LogP contribution in [-0.4, -0.2) is 39.9 Å². The second-order valence-corrected chi connectivity index (χ2v) is 7.08. The quantitative estimate of drug-likeness (QED) is 0.839. The predicted octanol–water partition coefficient (Wildman–Crippen LogP) is 1.77. The minimum Gasteiger partial charge on any atom is -0.366 e. The van der Waals surface area contributed by atoms with Crippen molar-refractivity contribution >= 4 is 17.3 Å². The van der Waals surface area contributed by atoms with Gasteiger partial charge in [0.1, 0.15) is 5.02 Å². The Balaban J connectivity index is 1.46. The fraction of sp³-hybridized carbons (Fsp3) is 0.389. The Morgan fingerprint density at radius 3 is 2.60 bits per heavy atom. The van der Waals surface area contributed by atoms with Gasteiger partial charge in [-0.15, -0.1) is 0 Å². The fourth-order valence-corrected chi connectivity index (χ4v) is 4.05. The molecule has 3 aliphatic heterocycles. The van der Waals surface area contributed by atoms with E-state index in [2.05, 4.69) is 21.0 Å². The van der Waals surface area contributed by atoms with Crippen molar-refractivity contribution in [2.75, 3.05) is 18.0 Å². The molecule has 1 aromatic heterocycles. The zero-order valence-electron chi connectivity index (χ0n) is 13.9. The van der Waals surface area contributed by atoms with Crippen LogP contribution in [0.25, 0.3) is 0 Å². The summed E-state index contributed by atoms with van der Waals surface area (Å²) < 4.78 is 1.26. The van der Waals surface area contributed by atoms with E-state index < -0.39 is 0 Å². The molecule has 0 amide bonds. The van der Waals surface area contributed by atoms with Gasteiger partial charge in [0.25, 0.3) is 5.56 Å². The number of aryl methyl sites for hydroxylation is 1. The number of nitriles is 1. The summed E-state index contributed by atoms with van der Waals surface area (Å²) in [5, 5.41) is 13.2. The Morgan fingerprint density at radius 2 is 1.96 bits per heavy atom. The SMILES string of the molecule is Cn1ncc(N2CC3CC(C2)N3Cc2ccc(C#N)cc2)c(Cl)c1=O. The van der Waals surface area contributed by atoms with Crippen molar-refractivity contribution in [2.24, 2.45) is 7.05 Å². The highest BCUT2D eigenvalue weighted by Crippen LogP contribution is 2.36. The molecule has 128 valence electrons. The van der Waals surface area contributed by atoms with Gasteiger partial charge in [0.05, 0.1) is 23.5 Å². The summed E-state index contributed by atoms with van der Waals surface area (Å²) in [5.41, 5.74) is 2.38. The number of nitrogens with zero attached hydrogens (tertiary/aromatic N) is 5. The summed E-state index contributed by atoms with van der Waals surface area (Å²) in [6.45, 7) is 2.58. The van der Waals surface area contributed by atoms with Crippen molar-refractivity contribution in [1.29, 1.82) is 5.26 Å². The van der Waals surface area contributed by atoms with Gasteiger partial charge >= 0.3 is 0 Å². The highest BCUT2D eigenvalue weighted by molar-refractivity contribution is 6.33. The normalized spacial score (nSPS) is 22.4. The zero-order chi connectivity index (χ0) is 17.6. The highest BCUT2D eigenvalue weighted by Gasteiger charge is 2.44. The first-order valence-electron chi connectivity index (χ1n) is 8.28. The summed E-state index contributed by atoms with van der Waals surface area (Å²) in [6, 6.07) is 10.8. The summed E-state index contributed by atoms with van der Waals surface area (Å²) >= 11 is 6.23. The Kier molecular flexibility index (Phi) is 3.98. The van der Waals surface area contributed by atoms with Gasteiger partial charge in [0.15, 0.2) is 0 Å². The third-order valence-electron chi connectivity index (χ3n) is 5.19. The van der Waals surface area contributed by atoms with Gasteiger partial charge in [-0.05, 0) is 24.1 Å². The first-order chi connectivity index (χ1) is 12.1. The van der Waals surface area contributed by atoms with Gasteiger partial charge in [0, 0.05) is 38.8 Å². The van der Waals surface area contributed by atoms with Crippen molar-refractivity contribution in [3.8, 4) is 6.07 Å². The molecule has 0 aliphatic carbocycles. The minimum atomic E-state index is -0.257. The first kappa shape index (κ1) is 16.1. The molecule has 1 aromatic carbocycles. The van der Waals surface area contributed by atoms with Gasteiger partial charge in [-0.1, -0.05) is 23.7 Å². The number of halogens is 1. The number of anilines is 1. The lowest BCUT2D eigenvalue weighted by Crippen LogP contribution is -2.68. The molecule has 25 heavy (non-hydrogen) atoms. The van der Waals surface area contributed by atoms with Crippen LogP contribution in [0.1, 0.15) is 17.5 Å². The van der Waals surface area contributed by atoms with Gasteiger partial charge in [-0.2, -0.15) is 10.4 Å². The fourth-order valence-electron chi connectivity index (χ4n) is 3.76. The Bertz CT molecular complexity index is 889. The molecular formula is C18H18ClN5O. The number of fused-ring (bicyclic) bond motifs is 2. The predicted molar refractivity (Wildman–Crippen MR) is 95.6 cm³/mol. The van der Waals surface area contributed by atoms with Gasteiger partial charge in [-0.3, -0.25) is 9.69 Å². The smallest absolute Gasteiger partial charge is 0.287 e. The van der Waals surface area contributed by atoms with Crippen LogP contribution in [0.4, 0.5) is 5.69 Å². The number of piperidine rings is 1. The van der Waals surface area contributed by atoms with Crippen molar-refractivity contribution in [1.82, 2.24) is 14.7 Å². The molecule has 0 saturated carbocycles. The number of hydrogen-bond acceptors (Lipinski definition) is 5. The molecule has 6 nitrogen and oxygen atoms in total. The van der Waals surface area contributed by atoms with Crippen molar-refractivity contribution < 1.29 is 0 Å². The Morgan fingerprint density at radius 1 is 1.28 bits per heavy atom. The van der Waals surface area contributed by atoms with Crippen LogP contribution >= 0.6 is 11.6 Å². The Hall–Kier alpha value is -2.36. The van der Waals surface area contributed by atoms with Crippen LogP contribution in [0.5, 0.6) is 0 Å². The van der Waals surface area contributed by atoms with Gasteiger partial charge < -0.3 is 4.90 Å². The van der Waals surface area contributed by atoms with Crippen LogP contribution in [0.3, 0.4) is 0 Å². The Labute approximate surface area is 150 Å². The molecular weight excluding hydrogens is 338 g/mol. The molecule has 0 spiro atoms. The number of piperazine rings is 1. The monoisotopic (exact) mass is 355 g/mol. The second-order valence-electron chi connectivity index (χ2n) is 6.70. The third kappa shape index (κ3) is 2.80. The summed E-state index contributed by atoms with van der Waals surface area (Å²) in [4.78, 5) is 16.6. The molecule has 2 atom stereocenters. The molecule has 3 fully saturated rings. The summed E-state index contributed by atoms with van der Waals surface area (Å²) in [7, 11) is 1.60. The lowest BCUT2D eigenvalue weighted by atomic mass is 9.86. The molecule has 0 N–H and O–H groups in total. The van der Waals surface area contributed by atoms with E-state index in [0.29, 0.717) is 17.6 Å². The summed E-state index contributed by atoms with van der Waals surface area (Å²) in [5.74, 6) is 0. The van der Waals surface area contributed by atoms with E-state index in [0.717, 1.165) is 25.3 Å². The van der Waals surface area contributed by atoms with E-state index >= 15 is 0 Å². The van der Waals surface area contributed by atoms with Gasteiger partial charge in [0.2, 0.25) is 0 Å². The maximum absolute atomic E-state index is 12.0. The van der Waals surface area contributed by atoms with Crippen molar-refractivity contribution in [2.45, 2.75) is 25.0 Å². The molecule has 4 heterocycles. The molecule has 0 radical (unpaired) electrons. The molecule has 2 aromatic rings. The van der Waals surface area contributed by atoms with E-state index in [1.54, 1.807) is 13.2 Å². The number of hydrogen-bond donors (Lipinski definition) is 0. The van der Waals surface area contributed by atoms with E-state index in [4.69, 9.17) is 16.9 Å². The van der Waals surface area contributed by atoms with Crippen LogP contribution < -0.4 is 10.5 Å². The molecule has 3 saturated heterocycles. The lowest BCUT2D eigenvalue weighted by Gasteiger charge is -2.57. The average molecular weight is 356 g/mol. The molecule has 5 rings (SSSR count). The van der Waals surface area contributed by atoms with Gasteiger partial charge in [-0.25, -0.2) is 4.68 Å². The van der Waals surface area contributed by atoms with E-state index in [1.165, 1.54) is 16.7 Å².